The van der Waals surface area contributed by atoms with Crippen molar-refractivity contribution in [2.45, 2.75) is 74.1 Å². The van der Waals surface area contributed by atoms with E-state index < -0.39 is 46.5 Å². The van der Waals surface area contributed by atoms with Gasteiger partial charge < -0.3 is 4.90 Å². The number of amides is 1. The molecule has 0 spiro atoms. The van der Waals surface area contributed by atoms with Gasteiger partial charge in [0.15, 0.2) is 34.9 Å². The minimum atomic E-state index is -1.04. The van der Waals surface area contributed by atoms with Crippen LogP contribution in [0.2, 0.25) is 0 Å². The highest BCUT2D eigenvalue weighted by Gasteiger charge is 2.36. The summed E-state index contributed by atoms with van der Waals surface area (Å²) in [7, 11) is 1.75. The lowest BCUT2D eigenvalue weighted by molar-refractivity contribution is 0.0875. The van der Waals surface area contributed by atoms with E-state index in [0.29, 0.717) is 66.1 Å². The number of carbonyl (C=O) groups excluding carboxylic acids is 1. The smallest absolute Gasteiger partial charge is 0.259 e. The summed E-state index contributed by atoms with van der Waals surface area (Å²) in [5.41, 5.74) is 20.9. The number of allylic oxidation sites excluding steroid dienone is 2. The second-order valence-electron chi connectivity index (χ2n) is 27.3. The van der Waals surface area contributed by atoms with Crippen LogP contribution >= 0.6 is 137 Å². The average Bonchev–Trinajstić information content (AvgIpc) is 1.51. The number of thiophene rings is 9. The summed E-state index contributed by atoms with van der Waals surface area (Å²) in [5, 5.41) is 13.9. The van der Waals surface area contributed by atoms with Gasteiger partial charge in [0.25, 0.3) is 5.91 Å². The molecule has 20 rings (SSSR count). The van der Waals surface area contributed by atoms with Crippen LogP contribution in [0.3, 0.4) is 0 Å². The van der Waals surface area contributed by atoms with E-state index in [1.54, 1.807) is 61.4 Å². The van der Waals surface area contributed by atoms with Crippen LogP contribution < -0.4 is 0 Å². The van der Waals surface area contributed by atoms with E-state index in [-0.39, 0.29) is 71.0 Å². The number of aromatic nitrogens is 6. The molecule has 3 aliphatic rings. The van der Waals surface area contributed by atoms with Crippen molar-refractivity contribution in [2.75, 3.05) is 7.05 Å². The van der Waals surface area contributed by atoms with Gasteiger partial charge in [0.2, 0.25) is 0 Å². The van der Waals surface area contributed by atoms with Crippen molar-refractivity contribution in [3.05, 3.63) is 255 Å². The fourth-order valence-electron chi connectivity index (χ4n) is 13.8. The first-order valence-electron chi connectivity index (χ1n) is 34.0. The number of aryl methyl sites for hydroxylation is 5. The Kier molecular flexibility index (Phi) is 20.8. The van der Waals surface area contributed by atoms with Crippen LogP contribution in [0.15, 0.2) is 147 Å². The SMILES string of the molecule is C=C1c2cscc2C(=O)N1C.CC1(C)c2ccccc2-c2ccccc21.CC1=C(C)c2cscc2C1.Cc1csc(-c2c(F)c(F)c(-c3cc(C)c(-c4cc(F)c(-c5sc(-c6sc(-c7c(F)c(F)c(-c8cc(C)cs8)c8nsnc78)cc6C)cc5F)s4)s3)c3nsnc23)c1.Cc1csc(-c2c(F)c(F)cc3nsnc23)c1. The van der Waals surface area contributed by atoms with Crippen LogP contribution in [0.1, 0.15) is 93.7 Å². The quantitative estimate of drug-likeness (QED) is 0.140. The maximum atomic E-state index is 16.0. The van der Waals surface area contributed by atoms with E-state index in [1.807, 2.05) is 65.1 Å². The van der Waals surface area contributed by atoms with Gasteiger partial charge >= 0.3 is 0 Å². The lowest BCUT2D eigenvalue weighted by Gasteiger charge is -2.20. The van der Waals surface area contributed by atoms with Crippen molar-refractivity contribution in [3.8, 4) is 92.6 Å². The Morgan fingerprint density at radius 2 is 0.802 bits per heavy atom. The Hall–Kier alpha value is -8.75. The van der Waals surface area contributed by atoms with Crippen LogP contribution in [0, 0.1) is 81.2 Å². The topological polar surface area (TPSA) is 97.7 Å². The molecule has 0 fully saturated rings. The summed E-state index contributed by atoms with van der Waals surface area (Å²) in [6.45, 7) is 22.1. The summed E-state index contributed by atoms with van der Waals surface area (Å²) in [6, 6.07) is 30.0. The van der Waals surface area contributed by atoms with Crippen LogP contribution in [-0.2, 0) is 11.8 Å². The summed E-state index contributed by atoms with van der Waals surface area (Å²) < 4.78 is 148. The molecule has 0 saturated heterocycles. The number of carbonyl (C=O) groups is 1. The van der Waals surface area contributed by atoms with Gasteiger partial charge in [0.05, 0.1) is 78.3 Å². The Morgan fingerprint density at radius 1 is 0.405 bits per heavy atom. The molecule has 1 amide bonds. The molecular formula is C83H57F8N7OS12. The van der Waals surface area contributed by atoms with E-state index in [9.17, 15) is 13.6 Å². The van der Waals surface area contributed by atoms with Crippen molar-refractivity contribution >= 4 is 187 Å². The molecule has 0 N–H and O–H groups in total. The maximum Gasteiger partial charge on any atom is 0.259 e. The lowest BCUT2D eigenvalue weighted by Crippen LogP contribution is -2.16. The highest BCUT2D eigenvalue weighted by atomic mass is 32.1. The second kappa shape index (κ2) is 30.3. The number of hydrogen-bond donors (Lipinski definition) is 0. The predicted octanol–water partition coefficient (Wildman–Crippen LogP) is 28.7. The first-order valence-corrected chi connectivity index (χ1v) is 44.0. The van der Waals surface area contributed by atoms with Crippen LogP contribution in [0.25, 0.3) is 137 Å². The largest absolute Gasteiger partial charge is 0.311 e. The third kappa shape index (κ3) is 13.7. The predicted molar refractivity (Wildman–Crippen MR) is 454 cm³/mol. The number of hydrogen-bond acceptors (Lipinski definition) is 19. The van der Waals surface area contributed by atoms with Gasteiger partial charge in [-0.1, -0.05) is 74.5 Å². The fourth-order valence-corrected chi connectivity index (χ4v) is 25.0. The molecule has 0 unspecified atom stereocenters. The Morgan fingerprint density at radius 3 is 1.24 bits per heavy atom. The third-order valence-corrected chi connectivity index (χ3v) is 31.1. The molecule has 0 bridgehead atoms. The zero-order valence-electron chi connectivity index (χ0n) is 60.2. The van der Waals surface area contributed by atoms with E-state index in [2.05, 4.69) is 120 Å². The molecule has 12 aromatic heterocycles. The van der Waals surface area contributed by atoms with Gasteiger partial charge in [-0.3, -0.25) is 4.79 Å². The Bertz CT molecular complexity index is 6320. The number of nitrogens with zero attached hydrogens (tertiary/aromatic N) is 7. The fraction of sp³-hybridized carbons (Fsp3) is 0.145. The van der Waals surface area contributed by atoms with Gasteiger partial charge in [-0.2, -0.15) is 48.9 Å². The highest BCUT2D eigenvalue weighted by Crippen LogP contribution is 2.54. The molecular weight excluding hydrogens is 1650 g/mol. The minimum Gasteiger partial charge on any atom is -0.311 e. The molecule has 2 aliphatic carbocycles. The van der Waals surface area contributed by atoms with E-state index in [1.165, 1.54) is 97.1 Å². The summed E-state index contributed by atoms with van der Waals surface area (Å²) >= 11 is 14.5. The number of benzene rings is 5. The van der Waals surface area contributed by atoms with Crippen molar-refractivity contribution in [3.63, 3.8) is 0 Å². The van der Waals surface area contributed by atoms with Crippen molar-refractivity contribution in [2.24, 2.45) is 0 Å². The number of halogens is 8. The summed E-state index contributed by atoms with van der Waals surface area (Å²) in [6.07, 6.45) is 1.19. The minimum absolute atomic E-state index is 0.0163. The van der Waals surface area contributed by atoms with Crippen molar-refractivity contribution in [1.29, 1.82) is 0 Å². The van der Waals surface area contributed by atoms with Gasteiger partial charge in [-0.15, -0.1) is 79.4 Å². The zero-order chi connectivity index (χ0) is 77.9. The molecule has 558 valence electrons. The van der Waals surface area contributed by atoms with E-state index in [4.69, 9.17) is 0 Å². The van der Waals surface area contributed by atoms with Gasteiger partial charge in [0, 0.05) is 84.4 Å². The first-order chi connectivity index (χ1) is 53.2. The summed E-state index contributed by atoms with van der Waals surface area (Å²) in [4.78, 5) is 17.9. The normalized spacial score (nSPS) is 13.2. The number of rotatable bonds is 8. The van der Waals surface area contributed by atoms with Gasteiger partial charge in [-0.05, 0) is 191 Å². The van der Waals surface area contributed by atoms with Gasteiger partial charge in [0.1, 0.15) is 44.7 Å². The Balaban J connectivity index is 0.000000139. The van der Waals surface area contributed by atoms with Gasteiger partial charge in [-0.25, -0.2) is 35.1 Å². The Labute approximate surface area is 680 Å². The van der Waals surface area contributed by atoms with E-state index in [0.717, 1.165) is 120 Å². The molecule has 0 saturated carbocycles. The molecule has 0 radical (unpaired) electrons. The van der Waals surface area contributed by atoms with Crippen molar-refractivity contribution in [1.82, 2.24) is 31.1 Å². The molecule has 0 atom stereocenters. The summed E-state index contributed by atoms with van der Waals surface area (Å²) in [5.74, 6) is -7.07. The molecule has 8 nitrogen and oxygen atoms in total. The van der Waals surface area contributed by atoms with Crippen LogP contribution in [0.4, 0.5) is 35.1 Å². The molecule has 13 heterocycles. The van der Waals surface area contributed by atoms with Crippen LogP contribution in [-0.4, -0.2) is 44.1 Å². The highest BCUT2D eigenvalue weighted by molar-refractivity contribution is 7.29. The maximum absolute atomic E-state index is 16.0. The average molecular weight is 1710 g/mol. The van der Waals surface area contributed by atoms with E-state index >= 15 is 26.3 Å². The second-order valence-corrected chi connectivity index (χ2v) is 37.3. The standard InChI is InChI=1S/C40H20F6N4S8.C15H14.C11H6F2N2S2.C9H10S.C8H7NOS/c1-13-5-19(51-11-13)25-29(43)31(45)27(35-33(25)47-57-49-35)21-7-15(3)37(53-21)23-9-17(41)39(55-23)40-18(42)10-24(56-40)38-16(4)8-22(54-38)28-32(46)30(44)26(20-6-14(2)12-52-20)34-36(28)50-58-48-34;1-15(2)13-9-5-3-7-11(13)12-8-4-6-10-14(12)15;1-5-2-8(16-4-5)9-10(13)6(12)3-7-11(9)15-17-14-7;1-6-3-8-4-10-5-9(8)7(6)2;1-5-6-3-11-4-7(6)8(10)9(5)2/h5-12H,1-4H3;3-10H,1-2H3;2-4H,1H3;4-5H,3H2,1-2H3;3-4H,1H2,2H3. The van der Waals surface area contributed by atoms with Crippen molar-refractivity contribution < 1.29 is 39.9 Å². The molecule has 1 aliphatic heterocycles. The third-order valence-electron chi connectivity index (χ3n) is 19.6. The molecule has 28 heteroatoms. The monoisotopic (exact) mass is 1700 g/mol. The van der Waals surface area contributed by atoms with Crippen LogP contribution in [0.5, 0.6) is 0 Å². The zero-order valence-corrected chi connectivity index (χ0v) is 70.0. The first kappa shape index (κ1) is 76.2. The lowest BCUT2D eigenvalue weighted by atomic mass is 9.82. The molecule has 111 heavy (non-hydrogen) atoms. The molecule has 17 aromatic rings. The molecule has 5 aromatic carbocycles. The number of fused-ring (bicyclic) bond motifs is 8.